The summed E-state index contributed by atoms with van der Waals surface area (Å²) in [5, 5.41) is 15.0. The van der Waals surface area contributed by atoms with Crippen molar-refractivity contribution in [3.05, 3.63) is 50.8 Å². The first-order valence-electron chi connectivity index (χ1n) is 9.47. The lowest BCUT2D eigenvalue weighted by atomic mass is 9.99. The smallest absolute Gasteiger partial charge is 0.328 e. The number of ether oxygens (including phenoxy) is 1. The second-order valence-electron chi connectivity index (χ2n) is 7.30. The number of benzene rings is 1. The van der Waals surface area contributed by atoms with Crippen LogP contribution >= 0.6 is 0 Å². The van der Waals surface area contributed by atoms with Gasteiger partial charge in [0.05, 0.1) is 16.9 Å². The van der Waals surface area contributed by atoms with Gasteiger partial charge in [0, 0.05) is 12.1 Å². The summed E-state index contributed by atoms with van der Waals surface area (Å²) in [6, 6.07) is 4.70. The highest BCUT2D eigenvalue weighted by atomic mass is 32.2. The lowest BCUT2D eigenvalue weighted by Gasteiger charge is -2.29. The van der Waals surface area contributed by atoms with E-state index in [0.717, 1.165) is 11.8 Å². The molecule has 0 amide bonds. The number of sulfonamides is 1. The van der Waals surface area contributed by atoms with Crippen LogP contribution in [0.4, 0.5) is 11.4 Å². The standard InChI is InChI=1S/C19H22N4O7S/c1-12-19(23(26)27)13(2)21(20-12)10-18(25)30-11-17(24)15-6-7-16-14(9-15)5-4-8-22(16)31(3,28)29/h6-7,9H,4-5,8,10-11H2,1-3H3. The molecule has 0 aliphatic carbocycles. The third kappa shape index (κ3) is 4.74. The van der Waals surface area contributed by atoms with Gasteiger partial charge in [0.15, 0.2) is 12.4 Å². The van der Waals surface area contributed by atoms with E-state index >= 15 is 0 Å². The van der Waals surface area contributed by atoms with Crippen LogP contribution in [-0.4, -0.2) is 54.3 Å². The average Bonchev–Trinajstić information content (AvgIpc) is 2.97. The molecule has 0 bridgehead atoms. The highest BCUT2D eigenvalue weighted by molar-refractivity contribution is 7.92. The van der Waals surface area contributed by atoms with E-state index in [4.69, 9.17) is 4.74 Å². The highest BCUT2D eigenvalue weighted by Crippen LogP contribution is 2.30. The number of carbonyl (C=O) groups is 2. The lowest BCUT2D eigenvalue weighted by molar-refractivity contribution is -0.386. The number of hydrogen-bond donors (Lipinski definition) is 0. The molecule has 31 heavy (non-hydrogen) atoms. The van der Waals surface area contributed by atoms with Crippen LogP contribution in [0.15, 0.2) is 18.2 Å². The topological polar surface area (TPSA) is 142 Å². The second kappa shape index (κ2) is 8.46. The Morgan fingerprint density at radius 3 is 2.61 bits per heavy atom. The van der Waals surface area contributed by atoms with Crippen LogP contribution in [0.25, 0.3) is 0 Å². The van der Waals surface area contributed by atoms with Gasteiger partial charge in [-0.3, -0.25) is 28.7 Å². The fourth-order valence-electron chi connectivity index (χ4n) is 3.58. The van der Waals surface area contributed by atoms with E-state index in [-0.39, 0.29) is 23.6 Å². The minimum Gasteiger partial charge on any atom is -0.456 e. The number of hydrogen-bond acceptors (Lipinski definition) is 8. The van der Waals surface area contributed by atoms with Crippen molar-refractivity contribution in [2.75, 3.05) is 23.7 Å². The maximum atomic E-state index is 12.5. The summed E-state index contributed by atoms with van der Waals surface area (Å²) in [7, 11) is -3.41. The van der Waals surface area contributed by atoms with Crippen LogP contribution in [0.5, 0.6) is 0 Å². The Hall–Kier alpha value is -3.28. The van der Waals surface area contributed by atoms with Crippen molar-refractivity contribution in [3.63, 3.8) is 0 Å². The minimum atomic E-state index is -3.41. The zero-order valence-corrected chi connectivity index (χ0v) is 18.1. The molecule has 1 aliphatic heterocycles. The Labute approximate surface area is 178 Å². The molecular formula is C19H22N4O7S. The van der Waals surface area contributed by atoms with Gasteiger partial charge in [0.2, 0.25) is 10.0 Å². The largest absolute Gasteiger partial charge is 0.456 e. The van der Waals surface area contributed by atoms with Gasteiger partial charge in [-0.2, -0.15) is 5.10 Å². The Morgan fingerprint density at radius 1 is 1.29 bits per heavy atom. The Morgan fingerprint density at radius 2 is 2.00 bits per heavy atom. The molecule has 0 saturated heterocycles. The number of anilines is 1. The highest BCUT2D eigenvalue weighted by Gasteiger charge is 2.26. The summed E-state index contributed by atoms with van der Waals surface area (Å²) in [5.74, 6) is -1.19. The van der Waals surface area contributed by atoms with Crippen LogP contribution < -0.4 is 4.31 Å². The maximum absolute atomic E-state index is 12.5. The molecule has 0 unspecified atom stereocenters. The van der Waals surface area contributed by atoms with Crippen molar-refractivity contribution in [1.29, 1.82) is 0 Å². The number of carbonyl (C=O) groups excluding carboxylic acids is 2. The molecule has 2 aromatic rings. The van der Waals surface area contributed by atoms with Gasteiger partial charge in [-0.15, -0.1) is 0 Å². The van der Waals surface area contributed by atoms with E-state index in [1.807, 2.05) is 0 Å². The molecule has 12 heteroatoms. The number of Topliss-reactive ketones (excluding diaryl/α,β-unsaturated/α-hetero) is 1. The molecule has 1 aromatic carbocycles. The number of nitrogens with zero attached hydrogens (tertiary/aromatic N) is 4. The zero-order valence-electron chi connectivity index (χ0n) is 17.3. The van der Waals surface area contributed by atoms with Gasteiger partial charge in [0.1, 0.15) is 17.9 Å². The van der Waals surface area contributed by atoms with E-state index in [1.54, 1.807) is 12.1 Å². The van der Waals surface area contributed by atoms with Gasteiger partial charge < -0.3 is 4.74 Å². The summed E-state index contributed by atoms with van der Waals surface area (Å²) < 4.78 is 31.4. The molecule has 2 heterocycles. The van der Waals surface area contributed by atoms with Crippen molar-refractivity contribution >= 4 is 33.2 Å². The number of fused-ring (bicyclic) bond motifs is 1. The quantitative estimate of drug-likeness (QED) is 0.268. The summed E-state index contributed by atoms with van der Waals surface area (Å²) in [5.41, 5.74) is 1.83. The average molecular weight is 450 g/mol. The molecule has 1 aromatic heterocycles. The third-order valence-electron chi connectivity index (χ3n) is 5.05. The van der Waals surface area contributed by atoms with E-state index < -0.39 is 33.3 Å². The van der Waals surface area contributed by atoms with Crippen LogP contribution in [0.1, 0.15) is 33.7 Å². The summed E-state index contributed by atoms with van der Waals surface area (Å²) >= 11 is 0. The molecule has 3 rings (SSSR count). The first-order chi connectivity index (χ1) is 14.5. The number of rotatable bonds is 7. The Balaban J connectivity index is 1.66. The van der Waals surface area contributed by atoms with Crippen LogP contribution in [-0.2, 0) is 32.5 Å². The summed E-state index contributed by atoms with van der Waals surface area (Å²) in [6.07, 6.45) is 2.42. The van der Waals surface area contributed by atoms with Crippen molar-refractivity contribution in [2.24, 2.45) is 0 Å². The predicted octanol–water partition coefficient (Wildman–Crippen LogP) is 1.55. The summed E-state index contributed by atoms with van der Waals surface area (Å²) in [6.45, 7) is 2.47. The van der Waals surface area contributed by atoms with E-state index in [1.165, 1.54) is 28.9 Å². The molecule has 0 atom stereocenters. The van der Waals surface area contributed by atoms with Crippen LogP contribution in [0.3, 0.4) is 0 Å². The fourth-order valence-corrected chi connectivity index (χ4v) is 4.58. The zero-order chi connectivity index (χ0) is 22.9. The molecule has 166 valence electrons. The maximum Gasteiger partial charge on any atom is 0.328 e. The van der Waals surface area contributed by atoms with E-state index in [9.17, 15) is 28.1 Å². The van der Waals surface area contributed by atoms with Crippen LogP contribution in [0, 0.1) is 24.0 Å². The third-order valence-corrected chi connectivity index (χ3v) is 6.23. The number of aromatic nitrogens is 2. The molecule has 0 saturated carbocycles. The number of esters is 1. The Kier molecular flexibility index (Phi) is 6.11. The number of aryl methyl sites for hydroxylation is 2. The fraction of sp³-hybridized carbons (Fsp3) is 0.421. The van der Waals surface area contributed by atoms with Crippen molar-refractivity contribution in [2.45, 2.75) is 33.2 Å². The lowest BCUT2D eigenvalue weighted by Crippen LogP contribution is -2.34. The van der Waals surface area contributed by atoms with E-state index in [0.29, 0.717) is 30.6 Å². The van der Waals surface area contributed by atoms with Crippen molar-refractivity contribution < 1.29 is 27.7 Å². The van der Waals surface area contributed by atoms with Crippen molar-refractivity contribution in [1.82, 2.24) is 9.78 Å². The van der Waals surface area contributed by atoms with Gasteiger partial charge in [-0.1, -0.05) is 0 Å². The predicted molar refractivity (Wildman–Crippen MR) is 111 cm³/mol. The minimum absolute atomic E-state index is 0.166. The Bertz CT molecular complexity index is 1170. The van der Waals surface area contributed by atoms with Gasteiger partial charge >= 0.3 is 11.7 Å². The molecule has 0 fully saturated rings. The molecular weight excluding hydrogens is 428 g/mol. The number of nitro groups is 1. The normalized spacial score (nSPS) is 13.6. The molecule has 11 nitrogen and oxygen atoms in total. The van der Waals surface area contributed by atoms with E-state index in [2.05, 4.69) is 5.10 Å². The van der Waals surface area contributed by atoms with Crippen LogP contribution in [0.2, 0.25) is 0 Å². The van der Waals surface area contributed by atoms with Crippen molar-refractivity contribution in [3.8, 4) is 0 Å². The first-order valence-corrected chi connectivity index (χ1v) is 11.3. The monoisotopic (exact) mass is 450 g/mol. The summed E-state index contributed by atoms with van der Waals surface area (Å²) in [4.78, 5) is 35.0. The van der Waals surface area contributed by atoms with Gasteiger partial charge in [0.25, 0.3) is 0 Å². The van der Waals surface area contributed by atoms with Gasteiger partial charge in [-0.25, -0.2) is 8.42 Å². The number of ketones is 1. The first kappa shape index (κ1) is 22.4. The SMILES string of the molecule is Cc1nn(CC(=O)OCC(=O)c2ccc3c(c2)CCCN3S(C)(=O)=O)c(C)c1[N+](=O)[O-]. The molecule has 0 spiro atoms. The second-order valence-corrected chi connectivity index (χ2v) is 9.21. The molecule has 0 N–H and O–H groups in total. The molecule has 0 radical (unpaired) electrons. The molecule has 1 aliphatic rings. The van der Waals surface area contributed by atoms with Gasteiger partial charge in [-0.05, 0) is 50.5 Å².